The van der Waals surface area contributed by atoms with Gasteiger partial charge in [-0.3, -0.25) is 8.51 Å². The minimum absolute atomic E-state index is 0.0128. The summed E-state index contributed by atoms with van der Waals surface area (Å²) in [6.07, 6.45) is -4.71. The van der Waals surface area contributed by atoms with Crippen molar-refractivity contribution in [2.24, 2.45) is 0 Å². The van der Waals surface area contributed by atoms with Gasteiger partial charge >= 0.3 is 12.3 Å². The number of amides is 1. The van der Waals surface area contributed by atoms with Crippen LogP contribution in [0.1, 0.15) is 39.2 Å². The molecule has 0 spiro atoms. The summed E-state index contributed by atoms with van der Waals surface area (Å²) in [6.45, 7) is 5.75. The Labute approximate surface area is 253 Å². The first-order valence-electron chi connectivity index (χ1n) is 13.0. The number of benzene rings is 2. The number of nitrogens with zero attached hydrogens (tertiary/aromatic N) is 4. The molecule has 1 aliphatic rings. The first kappa shape index (κ1) is 32.2. The summed E-state index contributed by atoms with van der Waals surface area (Å²) < 4.78 is 79.6. The number of rotatable bonds is 7. The van der Waals surface area contributed by atoms with Crippen molar-refractivity contribution in [3.05, 3.63) is 40.9 Å². The van der Waals surface area contributed by atoms with E-state index in [9.17, 15) is 26.7 Å². The number of alkyl halides is 3. The van der Waals surface area contributed by atoms with Gasteiger partial charge in [-0.1, -0.05) is 17.7 Å². The third kappa shape index (κ3) is 7.61. The molecule has 1 saturated heterocycles. The highest BCUT2D eigenvalue weighted by Gasteiger charge is 2.36. The molecule has 1 aromatic heterocycles. The number of aromatic nitrogens is 3. The summed E-state index contributed by atoms with van der Waals surface area (Å²) in [7, 11) is 1.28. The number of piperidine rings is 1. The fourth-order valence-electron chi connectivity index (χ4n) is 4.68. The number of H-pyrrole nitrogens is 1. The maximum absolute atomic E-state index is 14.3. The number of aromatic amines is 1. The van der Waals surface area contributed by atoms with Gasteiger partial charge in [0.2, 0.25) is 11.9 Å². The first-order chi connectivity index (χ1) is 20.1. The average molecular weight is 645 g/mol. The van der Waals surface area contributed by atoms with Crippen LogP contribution in [0.25, 0.3) is 11.1 Å². The van der Waals surface area contributed by atoms with E-state index in [1.54, 1.807) is 20.8 Å². The van der Waals surface area contributed by atoms with Crippen molar-refractivity contribution in [3.8, 4) is 16.9 Å². The van der Waals surface area contributed by atoms with Crippen LogP contribution in [0.4, 0.5) is 41.2 Å². The molecule has 2 heterocycles. The minimum Gasteiger partial charge on any atom is -0.755 e. The molecule has 17 heteroatoms. The molecule has 1 aliphatic heterocycles. The van der Waals surface area contributed by atoms with E-state index in [1.807, 2.05) is 0 Å². The number of hydrogen-bond acceptors (Lipinski definition) is 9. The maximum atomic E-state index is 14.3. The molecular weight excluding hydrogens is 615 g/mol. The number of nitrogens with two attached hydrogens (primary N) is 1. The van der Waals surface area contributed by atoms with E-state index in [4.69, 9.17) is 26.8 Å². The second-order valence-electron chi connectivity index (χ2n) is 10.7. The lowest BCUT2D eigenvalue weighted by molar-refractivity contribution is -0.137. The zero-order valence-electron chi connectivity index (χ0n) is 23.6. The van der Waals surface area contributed by atoms with Crippen molar-refractivity contribution in [2.45, 2.75) is 51.4 Å². The van der Waals surface area contributed by atoms with Gasteiger partial charge < -0.3 is 30.0 Å². The van der Waals surface area contributed by atoms with Crippen molar-refractivity contribution in [2.75, 3.05) is 35.6 Å². The summed E-state index contributed by atoms with van der Waals surface area (Å²) in [5.41, 5.74) is 3.55. The molecule has 1 unspecified atom stereocenters. The summed E-state index contributed by atoms with van der Waals surface area (Å²) >= 11 is 3.62. The minimum atomic E-state index is -4.81. The van der Waals surface area contributed by atoms with Gasteiger partial charge in [0.1, 0.15) is 11.4 Å². The lowest BCUT2D eigenvalue weighted by atomic mass is 9.97. The van der Waals surface area contributed by atoms with Crippen LogP contribution in [-0.4, -0.2) is 66.8 Å². The number of halogens is 4. The van der Waals surface area contributed by atoms with Gasteiger partial charge in [-0.05, 0) is 63.4 Å². The van der Waals surface area contributed by atoms with E-state index in [2.05, 4.69) is 20.5 Å². The third-order valence-corrected chi connectivity index (χ3v) is 7.58. The van der Waals surface area contributed by atoms with Crippen molar-refractivity contribution in [3.63, 3.8) is 0 Å². The second kappa shape index (κ2) is 12.5. The number of nitrogen functional groups attached to an aromatic ring is 1. The summed E-state index contributed by atoms with van der Waals surface area (Å²) in [5, 5.41) is 8.50. The van der Waals surface area contributed by atoms with Crippen molar-refractivity contribution >= 4 is 52.2 Å². The van der Waals surface area contributed by atoms with Gasteiger partial charge in [0.25, 0.3) is 0 Å². The monoisotopic (exact) mass is 644 g/mol. The third-order valence-electron chi connectivity index (χ3n) is 6.47. The molecule has 4 rings (SSSR count). The molecule has 43 heavy (non-hydrogen) atoms. The van der Waals surface area contributed by atoms with E-state index in [0.717, 1.165) is 10.4 Å². The van der Waals surface area contributed by atoms with E-state index < -0.39 is 40.7 Å². The van der Waals surface area contributed by atoms with Crippen LogP contribution in [0, 0.1) is 0 Å². The molecule has 2 aromatic carbocycles. The Morgan fingerprint density at radius 1 is 1.23 bits per heavy atom. The average Bonchev–Trinajstić information content (AvgIpc) is 3.31. The molecule has 1 atom stereocenters. The van der Waals surface area contributed by atoms with Gasteiger partial charge in [0.15, 0.2) is 0 Å². The number of carbonyl (C=O) groups is 1. The van der Waals surface area contributed by atoms with E-state index in [-0.39, 0.29) is 58.3 Å². The normalized spacial score (nSPS) is 15.2. The van der Waals surface area contributed by atoms with Crippen molar-refractivity contribution in [1.29, 1.82) is 0 Å². The molecular formula is C26H30ClF3N7O5S-. The SMILES string of the molecule is COc1cc(-c2c(Cl)cc(Nc3n[nH]c(N)n3)cc2C(F)(F)F)ccc1N(C1CCN(C(=O)OC(C)(C)C)CC1)S(=O)[O-]. The molecule has 3 aromatic rings. The van der Waals surface area contributed by atoms with Gasteiger partial charge in [-0.15, -0.1) is 5.10 Å². The van der Waals surface area contributed by atoms with Gasteiger partial charge in [0, 0.05) is 41.6 Å². The Balaban J connectivity index is 1.65. The quantitative estimate of drug-likeness (QED) is 0.283. The zero-order chi connectivity index (χ0) is 31.7. The van der Waals surface area contributed by atoms with Crippen LogP contribution in [0.5, 0.6) is 5.75 Å². The van der Waals surface area contributed by atoms with Crippen LogP contribution in [0.2, 0.25) is 5.02 Å². The van der Waals surface area contributed by atoms with E-state index in [1.165, 1.54) is 36.3 Å². The molecule has 12 nitrogen and oxygen atoms in total. The number of methoxy groups -OCH3 is 1. The molecule has 0 radical (unpaired) electrons. The molecule has 4 N–H and O–H groups in total. The standard InChI is InChI=1S/C26H31ClF3N7O5S/c1-25(2,3)42-24(38)36-9-7-16(8-10-36)37(43(39)40)19-6-5-14(11-20(19)41-4)21-17(26(28,29)30)12-15(13-18(21)27)32-23-33-22(31)34-35-23/h5-6,11-13,16H,7-10H2,1-4H3,(H,39,40)(H4,31,32,33,34,35)/p-1. The number of anilines is 4. The highest BCUT2D eigenvalue weighted by Crippen LogP contribution is 2.45. The van der Waals surface area contributed by atoms with Gasteiger partial charge in [-0.25, -0.2) is 9.89 Å². The number of hydrogen-bond donors (Lipinski definition) is 3. The van der Waals surface area contributed by atoms with Crippen LogP contribution in [-0.2, 0) is 22.2 Å². The van der Waals surface area contributed by atoms with Crippen LogP contribution >= 0.6 is 11.6 Å². The van der Waals surface area contributed by atoms with Gasteiger partial charge in [0.05, 0.1) is 23.4 Å². The molecule has 0 bridgehead atoms. The molecule has 1 amide bonds. The fourth-order valence-corrected chi connectivity index (χ4v) is 5.77. The molecule has 234 valence electrons. The number of carbonyl (C=O) groups excluding carboxylic acids is 1. The Morgan fingerprint density at radius 2 is 1.91 bits per heavy atom. The largest absolute Gasteiger partial charge is 0.755 e. The number of ether oxygens (including phenoxy) is 2. The zero-order valence-corrected chi connectivity index (χ0v) is 25.2. The lowest BCUT2D eigenvalue weighted by Gasteiger charge is -2.40. The Bertz CT molecular complexity index is 1510. The summed E-state index contributed by atoms with van der Waals surface area (Å²) in [4.78, 5) is 17.8. The predicted octanol–water partition coefficient (Wildman–Crippen LogP) is 5.48. The summed E-state index contributed by atoms with van der Waals surface area (Å²) in [6, 6.07) is 5.59. The van der Waals surface area contributed by atoms with Crippen molar-refractivity contribution in [1.82, 2.24) is 20.1 Å². The van der Waals surface area contributed by atoms with E-state index in [0.29, 0.717) is 12.8 Å². The van der Waals surface area contributed by atoms with Crippen LogP contribution in [0.3, 0.4) is 0 Å². The Hall–Kier alpha value is -3.76. The Kier molecular flexibility index (Phi) is 9.32. The Morgan fingerprint density at radius 3 is 2.44 bits per heavy atom. The lowest BCUT2D eigenvalue weighted by Crippen LogP contribution is -2.48. The maximum Gasteiger partial charge on any atom is 0.417 e. The molecule has 0 aliphatic carbocycles. The number of likely N-dealkylation sites (tertiary alicyclic amines) is 1. The predicted molar refractivity (Wildman–Crippen MR) is 155 cm³/mol. The first-order valence-corrected chi connectivity index (χ1v) is 14.4. The summed E-state index contributed by atoms with van der Waals surface area (Å²) in [5.74, 6) is -0.0722. The fraction of sp³-hybridized carbons (Fsp3) is 0.423. The molecule has 1 fully saturated rings. The topological polar surface area (TPSA) is 162 Å². The number of nitrogens with one attached hydrogen (secondary N) is 2. The van der Waals surface area contributed by atoms with Crippen LogP contribution < -0.4 is 20.1 Å². The van der Waals surface area contributed by atoms with E-state index >= 15 is 0 Å². The highest BCUT2D eigenvalue weighted by atomic mass is 35.5. The van der Waals surface area contributed by atoms with Crippen LogP contribution in [0.15, 0.2) is 30.3 Å². The highest BCUT2D eigenvalue weighted by molar-refractivity contribution is 7.80. The van der Waals surface area contributed by atoms with Crippen molar-refractivity contribution < 1.29 is 36.2 Å². The second-order valence-corrected chi connectivity index (χ2v) is 11.9. The van der Waals surface area contributed by atoms with Gasteiger partial charge in [-0.2, -0.15) is 18.2 Å². The molecule has 0 saturated carbocycles. The smallest absolute Gasteiger partial charge is 0.417 e.